The predicted molar refractivity (Wildman–Crippen MR) is 51.7 cm³/mol. The molecule has 2 heterocycles. The second-order valence-electron chi connectivity index (χ2n) is 3.82. The quantitative estimate of drug-likeness (QED) is 0.763. The lowest BCUT2D eigenvalue weighted by atomic mass is 9.92. The molecule has 1 aromatic rings. The zero-order chi connectivity index (χ0) is 9.97. The van der Waals surface area contributed by atoms with E-state index in [1.54, 1.807) is 4.68 Å². The van der Waals surface area contributed by atoms with Crippen LogP contribution in [0.2, 0.25) is 0 Å². The minimum atomic E-state index is 0.0300. The minimum absolute atomic E-state index is 0.0300. The summed E-state index contributed by atoms with van der Waals surface area (Å²) in [5.41, 5.74) is 1.08. The number of nitrogens with zero attached hydrogens (tertiary/aromatic N) is 2. The number of aliphatic hydroxyl groups is 1. The highest BCUT2D eigenvalue weighted by molar-refractivity contribution is 5.10. The van der Waals surface area contributed by atoms with E-state index < -0.39 is 0 Å². The molecule has 1 saturated heterocycles. The van der Waals surface area contributed by atoms with Gasteiger partial charge in [-0.15, -0.1) is 0 Å². The first-order valence-electron chi connectivity index (χ1n) is 5.02. The van der Waals surface area contributed by atoms with Gasteiger partial charge in [0.1, 0.15) is 0 Å². The molecule has 1 N–H and O–H groups in total. The van der Waals surface area contributed by atoms with Crippen LogP contribution in [-0.4, -0.2) is 28.1 Å². The van der Waals surface area contributed by atoms with Gasteiger partial charge in [-0.1, -0.05) is 0 Å². The molecule has 0 unspecified atom stereocenters. The molecule has 0 bridgehead atoms. The van der Waals surface area contributed by atoms with Crippen molar-refractivity contribution in [2.45, 2.75) is 18.9 Å². The Morgan fingerprint density at radius 1 is 1.71 bits per heavy atom. The number of aliphatic hydroxyl groups excluding tert-OH is 1. The molecule has 1 aliphatic rings. The molecular weight excluding hydrogens is 180 g/mol. The third kappa shape index (κ3) is 1.81. The summed E-state index contributed by atoms with van der Waals surface area (Å²) >= 11 is 0. The number of aryl methyl sites for hydroxylation is 1. The Labute approximate surface area is 83.5 Å². The lowest BCUT2D eigenvalue weighted by Gasteiger charge is -2.29. The first kappa shape index (κ1) is 9.68. The second-order valence-corrected chi connectivity index (χ2v) is 3.82. The summed E-state index contributed by atoms with van der Waals surface area (Å²) in [5, 5.41) is 13.3. The van der Waals surface area contributed by atoms with Crippen LogP contribution < -0.4 is 0 Å². The van der Waals surface area contributed by atoms with E-state index in [4.69, 9.17) is 4.74 Å². The van der Waals surface area contributed by atoms with Gasteiger partial charge in [-0.05, 0) is 12.8 Å². The van der Waals surface area contributed by atoms with Gasteiger partial charge < -0.3 is 9.84 Å². The van der Waals surface area contributed by atoms with E-state index >= 15 is 0 Å². The summed E-state index contributed by atoms with van der Waals surface area (Å²) in [5.74, 6) is 0.230. The van der Waals surface area contributed by atoms with Crippen LogP contribution in [0.1, 0.15) is 24.5 Å². The van der Waals surface area contributed by atoms with Gasteiger partial charge in [-0.2, -0.15) is 5.10 Å². The van der Waals surface area contributed by atoms with E-state index in [-0.39, 0.29) is 18.6 Å². The molecule has 0 spiro atoms. The van der Waals surface area contributed by atoms with Gasteiger partial charge in [-0.3, -0.25) is 4.68 Å². The Morgan fingerprint density at radius 2 is 2.57 bits per heavy atom. The fraction of sp³-hybridized carbons (Fsp3) is 0.700. The largest absolute Gasteiger partial charge is 0.396 e. The summed E-state index contributed by atoms with van der Waals surface area (Å²) in [6, 6.07) is 0. The Bertz CT molecular complexity index is 298. The normalized spacial score (nSPS) is 27.9. The first-order valence-corrected chi connectivity index (χ1v) is 5.02. The third-order valence-corrected chi connectivity index (χ3v) is 2.73. The average molecular weight is 196 g/mol. The highest BCUT2D eigenvalue weighted by atomic mass is 16.5. The van der Waals surface area contributed by atoms with E-state index in [9.17, 15) is 5.11 Å². The molecular formula is C10H16N2O2. The van der Waals surface area contributed by atoms with Gasteiger partial charge in [0.05, 0.1) is 12.3 Å². The number of hydrogen-bond donors (Lipinski definition) is 1. The lowest BCUT2D eigenvalue weighted by Crippen LogP contribution is -2.24. The second kappa shape index (κ2) is 4.11. The molecule has 1 fully saturated rings. The van der Waals surface area contributed by atoms with Gasteiger partial charge >= 0.3 is 0 Å². The standard InChI is InChI=1S/C10H16N2O2/c1-12-6-9(5-11-12)10-8(7-13)3-2-4-14-10/h5-6,8,10,13H,2-4,7H2,1H3/t8-,10-/m0/s1. The Balaban J connectivity index is 2.14. The Morgan fingerprint density at radius 3 is 3.21 bits per heavy atom. The maximum Gasteiger partial charge on any atom is 0.0905 e. The van der Waals surface area contributed by atoms with Crippen molar-refractivity contribution < 1.29 is 9.84 Å². The highest BCUT2D eigenvalue weighted by Gasteiger charge is 2.27. The van der Waals surface area contributed by atoms with Crippen molar-refractivity contribution in [1.29, 1.82) is 0 Å². The van der Waals surface area contributed by atoms with Gasteiger partial charge in [0.15, 0.2) is 0 Å². The SMILES string of the molecule is Cn1cc([C@H]2OCCC[C@H]2CO)cn1. The van der Waals surface area contributed by atoms with Crippen LogP contribution in [0.15, 0.2) is 12.4 Å². The maximum absolute atomic E-state index is 9.22. The fourth-order valence-electron chi connectivity index (χ4n) is 1.99. The van der Waals surface area contributed by atoms with E-state index in [0.29, 0.717) is 0 Å². The number of aromatic nitrogens is 2. The van der Waals surface area contributed by atoms with Crippen LogP contribution in [0.25, 0.3) is 0 Å². The predicted octanol–water partition coefficient (Wildman–Crippen LogP) is 0.880. The first-order chi connectivity index (χ1) is 6.81. The van der Waals surface area contributed by atoms with Crippen molar-refractivity contribution in [2.75, 3.05) is 13.2 Å². The Hall–Kier alpha value is -0.870. The Kier molecular flexibility index (Phi) is 2.84. The fourth-order valence-corrected chi connectivity index (χ4v) is 1.99. The van der Waals surface area contributed by atoms with Gasteiger partial charge in [0, 0.05) is 37.9 Å². The summed E-state index contributed by atoms with van der Waals surface area (Å²) in [6.45, 7) is 0.982. The summed E-state index contributed by atoms with van der Waals surface area (Å²) < 4.78 is 7.43. The number of ether oxygens (including phenoxy) is 1. The van der Waals surface area contributed by atoms with Crippen LogP contribution in [0.4, 0.5) is 0 Å². The molecule has 0 radical (unpaired) electrons. The molecule has 78 valence electrons. The molecule has 14 heavy (non-hydrogen) atoms. The molecule has 0 saturated carbocycles. The summed E-state index contributed by atoms with van der Waals surface area (Å²) in [7, 11) is 1.89. The van der Waals surface area contributed by atoms with Crippen molar-refractivity contribution in [2.24, 2.45) is 13.0 Å². The van der Waals surface area contributed by atoms with E-state index in [2.05, 4.69) is 5.10 Å². The topological polar surface area (TPSA) is 47.3 Å². The molecule has 4 heteroatoms. The van der Waals surface area contributed by atoms with Crippen molar-refractivity contribution in [1.82, 2.24) is 9.78 Å². The number of rotatable bonds is 2. The smallest absolute Gasteiger partial charge is 0.0905 e. The number of hydrogen-bond acceptors (Lipinski definition) is 3. The molecule has 1 aliphatic heterocycles. The van der Waals surface area contributed by atoms with Crippen LogP contribution in [0, 0.1) is 5.92 Å². The molecule has 2 atom stereocenters. The van der Waals surface area contributed by atoms with Crippen molar-refractivity contribution in [3.8, 4) is 0 Å². The van der Waals surface area contributed by atoms with Gasteiger partial charge in [-0.25, -0.2) is 0 Å². The van der Waals surface area contributed by atoms with Gasteiger partial charge in [0.25, 0.3) is 0 Å². The maximum atomic E-state index is 9.22. The molecule has 0 aliphatic carbocycles. The average Bonchev–Trinajstić information content (AvgIpc) is 2.65. The van der Waals surface area contributed by atoms with Crippen LogP contribution in [0.3, 0.4) is 0 Å². The van der Waals surface area contributed by atoms with E-state index in [0.717, 1.165) is 25.0 Å². The molecule has 4 nitrogen and oxygen atoms in total. The zero-order valence-corrected chi connectivity index (χ0v) is 8.39. The summed E-state index contributed by atoms with van der Waals surface area (Å²) in [4.78, 5) is 0. The van der Waals surface area contributed by atoms with E-state index in [1.807, 2.05) is 19.4 Å². The summed E-state index contributed by atoms with van der Waals surface area (Å²) in [6.07, 6.45) is 5.89. The monoisotopic (exact) mass is 196 g/mol. The zero-order valence-electron chi connectivity index (χ0n) is 8.39. The van der Waals surface area contributed by atoms with Crippen LogP contribution in [-0.2, 0) is 11.8 Å². The van der Waals surface area contributed by atoms with Crippen LogP contribution in [0.5, 0.6) is 0 Å². The lowest BCUT2D eigenvalue weighted by molar-refractivity contribution is -0.0457. The highest BCUT2D eigenvalue weighted by Crippen LogP contribution is 2.32. The minimum Gasteiger partial charge on any atom is -0.396 e. The van der Waals surface area contributed by atoms with Crippen molar-refractivity contribution >= 4 is 0 Å². The van der Waals surface area contributed by atoms with Crippen molar-refractivity contribution in [3.05, 3.63) is 18.0 Å². The third-order valence-electron chi connectivity index (χ3n) is 2.73. The van der Waals surface area contributed by atoms with Crippen molar-refractivity contribution in [3.63, 3.8) is 0 Å². The molecule has 2 rings (SSSR count). The van der Waals surface area contributed by atoms with Gasteiger partial charge in [0.2, 0.25) is 0 Å². The molecule has 1 aromatic heterocycles. The van der Waals surface area contributed by atoms with Crippen LogP contribution >= 0.6 is 0 Å². The van der Waals surface area contributed by atoms with E-state index in [1.165, 1.54) is 0 Å². The molecule has 0 amide bonds. The molecule has 0 aromatic carbocycles.